The Morgan fingerprint density at radius 3 is 2.44 bits per heavy atom. The van der Waals surface area contributed by atoms with E-state index < -0.39 is 0 Å². The maximum absolute atomic E-state index is 11.6. The fourth-order valence-corrected chi connectivity index (χ4v) is 2.74. The van der Waals surface area contributed by atoms with Crippen LogP contribution in [0, 0.1) is 5.92 Å². The van der Waals surface area contributed by atoms with E-state index in [0.717, 1.165) is 12.8 Å². The highest BCUT2D eigenvalue weighted by Crippen LogP contribution is 2.38. The number of hydrogen-bond acceptors (Lipinski definition) is 2. The molecule has 0 heterocycles. The van der Waals surface area contributed by atoms with Crippen LogP contribution in [0.25, 0.3) is 0 Å². The average Bonchev–Trinajstić information content (AvgIpc) is 2.30. The number of carbonyl (C=O) groups is 1. The third-order valence-corrected chi connectivity index (χ3v) is 3.61. The lowest BCUT2D eigenvalue weighted by Crippen LogP contribution is -2.23. The minimum atomic E-state index is 0.179. The van der Waals surface area contributed by atoms with Crippen LogP contribution in [0.15, 0.2) is 24.3 Å². The van der Waals surface area contributed by atoms with E-state index in [-0.39, 0.29) is 5.92 Å². The number of rotatable bonds is 2. The normalized spacial score (nSPS) is 25.3. The Morgan fingerprint density at radius 1 is 1.19 bits per heavy atom. The van der Waals surface area contributed by atoms with Gasteiger partial charge in [-0.05, 0) is 43.4 Å². The summed E-state index contributed by atoms with van der Waals surface area (Å²) >= 11 is 0. The standard InChI is InChI=1S/C14H18O2/c1-10(15)13-4-2-3-5-14(13)11-6-8-12(16)9-7-11/h6-9,13-14,16H,2-5H2,1H3. The molecule has 0 saturated heterocycles. The molecule has 86 valence electrons. The van der Waals surface area contributed by atoms with E-state index in [2.05, 4.69) is 0 Å². The quantitative estimate of drug-likeness (QED) is 0.827. The van der Waals surface area contributed by atoms with Crippen LogP contribution >= 0.6 is 0 Å². The topological polar surface area (TPSA) is 37.3 Å². The van der Waals surface area contributed by atoms with Crippen molar-refractivity contribution < 1.29 is 9.90 Å². The maximum atomic E-state index is 11.6. The van der Waals surface area contributed by atoms with Gasteiger partial charge in [-0.25, -0.2) is 0 Å². The van der Waals surface area contributed by atoms with Crippen molar-refractivity contribution in [3.8, 4) is 5.75 Å². The molecule has 1 aromatic carbocycles. The Hall–Kier alpha value is -1.31. The van der Waals surface area contributed by atoms with Crippen LogP contribution in [0.1, 0.15) is 44.1 Å². The number of hydrogen-bond donors (Lipinski definition) is 1. The fourth-order valence-electron chi connectivity index (χ4n) is 2.74. The average molecular weight is 218 g/mol. The van der Waals surface area contributed by atoms with E-state index in [4.69, 9.17) is 0 Å². The molecule has 0 aliphatic heterocycles. The Labute approximate surface area is 96.3 Å². The highest BCUT2D eigenvalue weighted by molar-refractivity contribution is 5.79. The summed E-state index contributed by atoms with van der Waals surface area (Å²) in [5.74, 6) is 1.13. The molecule has 1 N–H and O–H groups in total. The van der Waals surface area contributed by atoms with Crippen molar-refractivity contribution in [2.75, 3.05) is 0 Å². The first-order valence-electron chi connectivity index (χ1n) is 5.98. The molecule has 1 aliphatic carbocycles. The number of benzene rings is 1. The molecular weight excluding hydrogens is 200 g/mol. The van der Waals surface area contributed by atoms with Crippen LogP contribution in [0.2, 0.25) is 0 Å². The molecular formula is C14H18O2. The molecule has 16 heavy (non-hydrogen) atoms. The van der Waals surface area contributed by atoms with Crippen molar-refractivity contribution in [3.05, 3.63) is 29.8 Å². The van der Waals surface area contributed by atoms with Crippen LogP contribution in [0.3, 0.4) is 0 Å². The van der Waals surface area contributed by atoms with E-state index in [1.807, 2.05) is 12.1 Å². The first kappa shape index (κ1) is 11.2. The molecule has 2 rings (SSSR count). The molecule has 1 saturated carbocycles. The number of ketones is 1. The number of aromatic hydroxyl groups is 1. The number of carbonyl (C=O) groups excluding carboxylic acids is 1. The van der Waals surface area contributed by atoms with Crippen molar-refractivity contribution >= 4 is 5.78 Å². The Morgan fingerprint density at radius 2 is 1.81 bits per heavy atom. The molecule has 0 bridgehead atoms. The van der Waals surface area contributed by atoms with Crippen LogP contribution in [0.5, 0.6) is 5.75 Å². The summed E-state index contributed by atoms with van der Waals surface area (Å²) in [5.41, 5.74) is 1.19. The molecule has 0 radical (unpaired) electrons. The predicted octanol–water partition coefficient (Wildman–Crippen LogP) is 3.26. The maximum Gasteiger partial charge on any atom is 0.133 e. The van der Waals surface area contributed by atoms with Crippen molar-refractivity contribution in [3.63, 3.8) is 0 Å². The van der Waals surface area contributed by atoms with E-state index in [1.54, 1.807) is 19.1 Å². The van der Waals surface area contributed by atoms with Crippen LogP contribution < -0.4 is 0 Å². The summed E-state index contributed by atoms with van der Waals surface area (Å²) in [6, 6.07) is 7.31. The third-order valence-electron chi connectivity index (χ3n) is 3.61. The lowest BCUT2D eigenvalue weighted by atomic mass is 9.74. The number of phenols is 1. The van der Waals surface area contributed by atoms with Crippen molar-refractivity contribution in [2.45, 2.75) is 38.5 Å². The van der Waals surface area contributed by atoms with Gasteiger partial charge in [-0.1, -0.05) is 25.0 Å². The summed E-state index contributed by atoms with van der Waals surface area (Å²) in [7, 11) is 0. The molecule has 1 fully saturated rings. The minimum Gasteiger partial charge on any atom is -0.508 e. The second kappa shape index (κ2) is 4.69. The smallest absolute Gasteiger partial charge is 0.133 e. The Balaban J connectivity index is 2.23. The molecule has 1 aromatic rings. The number of Topliss-reactive ketones (excluding diaryl/α,β-unsaturated/α-hetero) is 1. The molecule has 2 unspecified atom stereocenters. The van der Waals surface area contributed by atoms with Gasteiger partial charge in [0, 0.05) is 5.92 Å². The van der Waals surface area contributed by atoms with Gasteiger partial charge in [0.15, 0.2) is 0 Å². The van der Waals surface area contributed by atoms with E-state index in [0.29, 0.717) is 17.5 Å². The molecule has 0 spiro atoms. The zero-order valence-corrected chi connectivity index (χ0v) is 9.65. The van der Waals surface area contributed by atoms with Gasteiger partial charge in [-0.2, -0.15) is 0 Å². The van der Waals surface area contributed by atoms with Crippen molar-refractivity contribution in [1.82, 2.24) is 0 Å². The first-order chi connectivity index (χ1) is 7.68. The van der Waals surface area contributed by atoms with E-state index >= 15 is 0 Å². The first-order valence-corrected chi connectivity index (χ1v) is 5.98. The van der Waals surface area contributed by atoms with Gasteiger partial charge in [-0.15, -0.1) is 0 Å². The molecule has 0 aromatic heterocycles. The van der Waals surface area contributed by atoms with Crippen molar-refractivity contribution in [1.29, 1.82) is 0 Å². The van der Waals surface area contributed by atoms with Crippen LogP contribution in [-0.2, 0) is 4.79 Å². The van der Waals surface area contributed by atoms with Gasteiger partial charge < -0.3 is 5.11 Å². The second-order valence-corrected chi connectivity index (χ2v) is 4.70. The summed E-state index contributed by atoms with van der Waals surface area (Å²) in [4.78, 5) is 11.6. The highest BCUT2D eigenvalue weighted by atomic mass is 16.3. The lowest BCUT2D eigenvalue weighted by Gasteiger charge is -2.30. The predicted molar refractivity (Wildman–Crippen MR) is 63.5 cm³/mol. The molecule has 2 nitrogen and oxygen atoms in total. The molecule has 0 amide bonds. The Bertz CT molecular complexity index is 367. The van der Waals surface area contributed by atoms with Crippen LogP contribution in [0.4, 0.5) is 0 Å². The zero-order chi connectivity index (χ0) is 11.5. The second-order valence-electron chi connectivity index (χ2n) is 4.70. The van der Waals surface area contributed by atoms with E-state index in [1.165, 1.54) is 18.4 Å². The molecule has 1 aliphatic rings. The van der Waals surface area contributed by atoms with E-state index in [9.17, 15) is 9.90 Å². The Kier molecular flexibility index (Phi) is 3.28. The van der Waals surface area contributed by atoms with Gasteiger partial charge in [0.25, 0.3) is 0 Å². The SMILES string of the molecule is CC(=O)C1CCCCC1c1ccc(O)cc1. The lowest BCUT2D eigenvalue weighted by molar-refractivity contribution is -0.122. The fraction of sp³-hybridized carbons (Fsp3) is 0.500. The summed E-state index contributed by atoms with van der Waals surface area (Å²) in [6.45, 7) is 1.70. The molecule has 2 atom stereocenters. The van der Waals surface area contributed by atoms with Gasteiger partial charge in [-0.3, -0.25) is 4.79 Å². The number of phenolic OH excluding ortho intramolecular Hbond substituents is 1. The monoisotopic (exact) mass is 218 g/mol. The van der Waals surface area contributed by atoms with Gasteiger partial charge in [0.1, 0.15) is 11.5 Å². The summed E-state index contributed by atoms with van der Waals surface area (Å²) in [6.07, 6.45) is 4.48. The minimum absolute atomic E-state index is 0.179. The highest BCUT2D eigenvalue weighted by Gasteiger charge is 2.29. The third kappa shape index (κ3) is 2.26. The van der Waals surface area contributed by atoms with Crippen LogP contribution in [-0.4, -0.2) is 10.9 Å². The zero-order valence-electron chi connectivity index (χ0n) is 9.65. The largest absolute Gasteiger partial charge is 0.508 e. The summed E-state index contributed by atoms with van der Waals surface area (Å²) < 4.78 is 0. The van der Waals surface area contributed by atoms with Gasteiger partial charge >= 0.3 is 0 Å². The van der Waals surface area contributed by atoms with Crippen molar-refractivity contribution in [2.24, 2.45) is 5.92 Å². The van der Waals surface area contributed by atoms with Gasteiger partial charge in [0.05, 0.1) is 0 Å². The van der Waals surface area contributed by atoms with Gasteiger partial charge in [0.2, 0.25) is 0 Å². The molecule has 2 heteroatoms. The summed E-state index contributed by atoms with van der Waals surface area (Å²) in [5, 5.41) is 9.26.